The summed E-state index contributed by atoms with van der Waals surface area (Å²) >= 11 is 0. The molecule has 12 heteroatoms. The first-order valence-corrected chi connectivity index (χ1v) is 22.3. The summed E-state index contributed by atoms with van der Waals surface area (Å²) in [7, 11) is 1.61. The van der Waals surface area contributed by atoms with Gasteiger partial charge in [0.25, 0.3) is 0 Å². The van der Waals surface area contributed by atoms with Gasteiger partial charge < -0.3 is 57.6 Å². The highest BCUT2D eigenvalue weighted by atomic mass is 16.8. The molecule has 0 spiro atoms. The van der Waals surface area contributed by atoms with E-state index in [2.05, 4.69) is 0 Å². The number of methoxy groups -OCH3 is 1. The molecule has 6 aromatic carbocycles. The summed E-state index contributed by atoms with van der Waals surface area (Å²) in [5, 5.41) is 23.5. The van der Waals surface area contributed by atoms with Gasteiger partial charge in [0.15, 0.2) is 6.29 Å². The van der Waals surface area contributed by atoms with Crippen LogP contribution in [0.3, 0.4) is 0 Å². The Bertz CT molecular complexity index is 2250. The summed E-state index contributed by atoms with van der Waals surface area (Å²) < 4.78 is 65.5. The topological polar surface area (TPSA) is 133 Å². The number of aliphatic hydroxyl groups excluding tert-OH is 2. The molecule has 10 atom stereocenters. The SMILES string of the molecule is COc1ccc(O[C@@H]2O[C@@H](COCc3ccccc3)[C@@H](O[C@@H]3O[C@@H](COCc4ccccc4)[C@H](O)[C@H](O)[C@@H]3OCc3ccccc3)[C@H](OCc3ccccc3)[C@@H]2OCc2ccccc2)cc1. The standard InChI is InChI=1S/C54H58O12/c1-57-43-27-29-44(30-28-43)63-54-52(62-35-42-25-15-6-16-26-42)51(61-34-41-23-13-5-14-24-41)49(46(65-54)37-59-32-39-19-9-3-10-20-39)66-53-50(60-33-40-21-11-4-12-22-40)48(56)47(55)45(64-53)36-58-31-38-17-7-2-8-18-38/h2-30,45-56H,31-37H2,1H3/t45-,46-,47-,48-,49+,50-,51-,52-,53-,54+/m0/s1. The van der Waals surface area contributed by atoms with Crippen molar-refractivity contribution in [2.24, 2.45) is 0 Å². The molecule has 346 valence electrons. The lowest BCUT2D eigenvalue weighted by atomic mass is 9.96. The van der Waals surface area contributed by atoms with Gasteiger partial charge in [0, 0.05) is 0 Å². The number of benzene rings is 6. The van der Waals surface area contributed by atoms with Gasteiger partial charge in [0.05, 0.1) is 53.4 Å². The number of hydrogen-bond donors (Lipinski definition) is 2. The number of rotatable bonds is 22. The average Bonchev–Trinajstić information content (AvgIpc) is 3.37. The van der Waals surface area contributed by atoms with E-state index in [-0.39, 0.29) is 46.2 Å². The van der Waals surface area contributed by atoms with Gasteiger partial charge in [0.1, 0.15) is 60.3 Å². The van der Waals surface area contributed by atoms with Crippen LogP contribution in [0.25, 0.3) is 0 Å². The molecule has 0 saturated carbocycles. The van der Waals surface area contributed by atoms with Crippen LogP contribution in [-0.4, -0.2) is 91.9 Å². The number of hydrogen-bond acceptors (Lipinski definition) is 12. The van der Waals surface area contributed by atoms with Crippen LogP contribution in [-0.2, 0) is 70.9 Å². The Hall–Kier alpha value is -5.48. The van der Waals surface area contributed by atoms with E-state index in [4.69, 9.17) is 47.4 Å². The third-order valence-electron chi connectivity index (χ3n) is 11.5. The van der Waals surface area contributed by atoms with Crippen LogP contribution in [0.1, 0.15) is 27.8 Å². The van der Waals surface area contributed by atoms with E-state index in [1.807, 2.05) is 164 Å². The molecular formula is C54H58O12. The molecule has 2 fully saturated rings. The maximum atomic E-state index is 11.9. The summed E-state index contributed by atoms with van der Waals surface area (Å²) in [5.41, 5.74) is 4.62. The highest BCUT2D eigenvalue weighted by molar-refractivity contribution is 5.31. The Labute approximate surface area is 386 Å². The summed E-state index contributed by atoms with van der Waals surface area (Å²) in [5.74, 6) is 1.18. The summed E-state index contributed by atoms with van der Waals surface area (Å²) in [4.78, 5) is 0. The van der Waals surface area contributed by atoms with Crippen LogP contribution in [0.5, 0.6) is 11.5 Å². The normalized spacial score (nSPS) is 25.3. The molecule has 12 nitrogen and oxygen atoms in total. The fourth-order valence-electron chi connectivity index (χ4n) is 7.95. The van der Waals surface area contributed by atoms with Crippen molar-refractivity contribution in [2.75, 3.05) is 20.3 Å². The molecule has 2 saturated heterocycles. The van der Waals surface area contributed by atoms with Crippen molar-refractivity contribution in [3.8, 4) is 11.5 Å². The van der Waals surface area contributed by atoms with Crippen molar-refractivity contribution < 1.29 is 57.6 Å². The van der Waals surface area contributed by atoms with E-state index in [1.165, 1.54) is 0 Å². The van der Waals surface area contributed by atoms with Crippen LogP contribution in [0.2, 0.25) is 0 Å². The van der Waals surface area contributed by atoms with Gasteiger partial charge in [-0.2, -0.15) is 0 Å². The second-order valence-corrected chi connectivity index (χ2v) is 16.2. The first-order valence-electron chi connectivity index (χ1n) is 22.3. The monoisotopic (exact) mass is 898 g/mol. The van der Waals surface area contributed by atoms with Crippen molar-refractivity contribution in [2.45, 2.75) is 94.4 Å². The number of ether oxygens (including phenoxy) is 10. The van der Waals surface area contributed by atoms with Gasteiger partial charge >= 0.3 is 0 Å². The zero-order valence-electron chi connectivity index (χ0n) is 36.9. The maximum absolute atomic E-state index is 11.9. The molecule has 2 aliphatic rings. The third-order valence-corrected chi connectivity index (χ3v) is 11.5. The van der Waals surface area contributed by atoms with E-state index in [1.54, 1.807) is 19.2 Å². The quantitative estimate of drug-likeness (QED) is 0.0689. The van der Waals surface area contributed by atoms with Crippen molar-refractivity contribution in [1.29, 1.82) is 0 Å². The van der Waals surface area contributed by atoms with E-state index < -0.39 is 61.4 Å². The van der Waals surface area contributed by atoms with Crippen LogP contribution < -0.4 is 9.47 Å². The Morgan fingerprint density at radius 1 is 0.394 bits per heavy atom. The van der Waals surface area contributed by atoms with Crippen LogP contribution in [0.4, 0.5) is 0 Å². The van der Waals surface area contributed by atoms with Gasteiger partial charge in [-0.15, -0.1) is 0 Å². The smallest absolute Gasteiger partial charge is 0.229 e. The Morgan fingerprint density at radius 3 is 1.26 bits per heavy atom. The van der Waals surface area contributed by atoms with Crippen LogP contribution in [0, 0.1) is 0 Å². The lowest BCUT2D eigenvalue weighted by molar-refractivity contribution is -0.366. The molecule has 0 bridgehead atoms. The first kappa shape index (κ1) is 47.0. The maximum Gasteiger partial charge on any atom is 0.229 e. The molecule has 2 N–H and O–H groups in total. The van der Waals surface area contributed by atoms with Crippen molar-refractivity contribution in [1.82, 2.24) is 0 Å². The Kier molecular flexibility index (Phi) is 17.3. The zero-order valence-corrected chi connectivity index (χ0v) is 36.9. The minimum absolute atomic E-state index is 0.0374. The molecule has 8 rings (SSSR count). The average molecular weight is 899 g/mol. The zero-order chi connectivity index (χ0) is 45.3. The van der Waals surface area contributed by atoms with Crippen LogP contribution >= 0.6 is 0 Å². The Morgan fingerprint density at radius 2 is 0.788 bits per heavy atom. The van der Waals surface area contributed by atoms with Gasteiger partial charge in [-0.3, -0.25) is 0 Å². The van der Waals surface area contributed by atoms with Crippen molar-refractivity contribution in [3.63, 3.8) is 0 Å². The molecule has 6 aromatic rings. The highest BCUT2D eigenvalue weighted by Gasteiger charge is 2.54. The molecule has 2 aliphatic heterocycles. The predicted octanol–water partition coefficient (Wildman–Crippen LogP) is 7.82. The summed E-state index contributed by atoms with van der Waals surface area (Å²) in [6.45, 7) is 1.03. The second-order valence-electron chi connectivity index (χ2n) is 16.2. The molecule has 0 aromatic heterocycles. The fourth-order valence-corrected chi connectivity index (χ4v) is 7.95. The van der Waals surface area contributed by atoms with Crippen LogP contribution in [0.15, 0.2) is 176 Å². The van der Waals surface area contributed by atoms with Gasteiger partial charge in [-0.25, -0.2) is 0 Å². The lowest BCUT2D eigenvalue weighted by Gasteiger charge is -2.49. The predicted molar refractivity (Wildman–Crippen MR) is 245 cm³/mol. The van der Waals surface area contributed by atoms with E-state index >= 15 is 0 Å². The first-order chi connectivity index (χ1) is 32.5. The van der Waals surface area contributed by atoms with Gasteiger partial charge in [-0.1, -0.05) is 152 Å². The summed E-state index contributed by atoms with van der Waals surface area (Å²) in [6.07, 6.45) is -10.9. The van der Waals surface area contributed by atoms with E-state index in [9.17, 15) is 10.2 Å². The number of aliphatic hydroxyl groups is 2. The minimum atomic E-state index is -1.44. The van der Waals surface area contributed by atoms with E-state index in [0.717, 1.165) is 27.8 Å². The second kappa shape index (κ2) is 24.3. The molecule has 66 heavy (non-hydrogen) atoms. The van der Waals surface area contributed by atoms with Gasteiger partial charge in [-0.05, 0) is 52.1 Å². The lowest BCUT2D eigenvalue weighted by Crippen LogP contribution is -2.66. The third kappa shape index (κ3) is 13.1. The molecule has 0 unspecified atom stereocenters. The molecule has 0 radical (unpaired) electrons. The van der Waals surface area contributed by atoms with E-state index in [0.29, 0.717) is 11.5 Å². The molecule has 0 aliphatic carbocycles. The van der Waals surface area contributed by atoms with Gasteiger partial charge in [0.2, 0.25) is 6.29 Å². The molecule has 0 amide bonds. The minimum Gasteiger partial charge on any atom is -0.497 e. The highest BCUT2D eigenvalue weighted by Crippen LogP contribution is 2.36. The van der Waals surface area contributed by atoms with Crippen molar-refractivity contribution in [3.05, 3.63) is 204 Å². The largest absolute Gasteiger partial charge is 0.497 e. The van der Waals surface area contributed by atoms with Crippen molar-refractivity contribution >= 4 is 0 Å². The Balaban J connectivity index is 1.15. The molecular weight excluding hydrogens is 841 g/mol. The summed E-state index contributed by atoms with van der Waals surface area (Å²) in [6, 6.07) is 56.0. The molecule has 2 heterocycles. The fraction of sp³-hybridized carbons (Fsp3) is 0.333.